The van der Waals surface area contributed by atoms with Gasteiger partial charge in [-0.15, -0.1) is 0 Å². The maximum atomic E-state index is 12.1. The number of carbonyl (C=O) groups excluding carboxylic acids is 2. The molecule has 1 saturated heterocycles. The molecule has 4 rings (SSSR count). The van der Waals surface area contributed by atoms with Crippen LogP contribution in [0.2, 0.25) is 0 Å². The van der Waals surface area contributed by atoms with Gasteiger partial charge in [-0.2, -0.15) is 4.73 Å². The van der Waals surface area contributed by atoms with Crippen LogP contribution in [-0.2, 0) is 32.2 Å². The molecule has 3 aromatic rings. The Bertz CT molecular complexity index is 1260. The highest BCUT2D eigenvalue weighted by molar-refractivity contribution is 7.99. The van der Waals surface area contributed by atoms with E-state index in [1.54, 1.807) is 19.1 Å². The second-order valence-corrected chi connectivity index (χ2v) is 10.1. The molecule has 3 atom stereocenters. The third-order valence-electron chi connectivity index (χ3n) is 6.22. The van der Waals surface area contributed by atoms with E-state index in [4.69, 9.17) is 14.2 Å². The molecule has 1 aliphatic heterocycles. The number of aliphatic hydroxyl groups is 1. The molecule has 3 unspecified atom stereocenters. The zero-order chi connectivity index (χ0) is 28.3. The van der Waals surface area contributed by atoms with E-state index in [-0.39, 0.29) is 38.5 Å². The summed E-state index contributed by atoms with van der Waals surface area (Å²) in [7, 11) is 0. The normalized spacial score (nSPS) is 18.6. The number of pyridine rings is 1. The van der Waals surface area contributed by atoms with E-state index < -0.39 is 18.3 Å². The second-order valence-electron chi connectivity index (χ2n) is 9.11. The van der Waals surface area contributed by atoms with Crippen molar-refractivity contribution in [3.63, 3.8) is 0 Å². The Balaban J connectivity index is 1.40. The van der Waals surface area contributed by atoms with Crippen molar-refractivity contribution in [2.45, 2.75) is 50.0 Å². The highest BCUT2D eigenvalue weighted by Crippen LogP contribution is 2.39. The van der Waals surface area contributed by atoms with Gasteiger partial charge in [0.1, 0.15) is 6.54 Å². The van der Waals surface area contributed by atoms with Gasteiger partial charge in [0.15, 0.2) is 12.5 Å². The number of esters is 1. The molecule has 0 saturated carbocycles. The third-order valence-corrected chi connectivity index (χ3v) is 7.37. The number of thioether (sulfide) groups is 1. The average Bonchev–Trinajstić information content (AvgIpc) is 2.99. The van der Waals surface area contributed by atoms with Crippen LogP contribution in [0.4, 0.5) is 4.79 Å². The fourth-order valence-electron chi connectivity index (χ4n) is 4.13. The first-order valence-electron chi connectivity index (χ1n) is 13.0. The zero-order valence-electron chi connectivity index (χ0n) is 22.2. The molecule has 212 valence electrons. The molecule has 1 aliphatic rings. The van der Waals surface area contributed by atoms with Crippen LogP contribution in [0.1, 0.15) is 48.0 Å². The minimum atomic E-state index is -0.632. The molecule has 1 fully saturated rings. The molecule has 3 N–H and O–H groups in total. The molecule has 10 nitrogen and oxygen atoms in total. The number of amides is 2. The topological polar surface area (TPSA) is 133 Å². The van der Waals surface area contributed by atoms with E-state index in [1.807, 2.05) is 54.6 Å². The van der Waals surface area contributed by atoms with Gasteiger partial charge in [-0.1, -0.05) is 60.3 Å². The van der Waals surface area contributed by atoms with Crippen molar-refractivity contribution in [3.8, 4) is 0 Å². The SMILES string of the molecule is CCOC(=O)CNC(=O)NCc1ccc(C2OC(CSc3cccc[n+]3[O-])CC(c3ccc(CO)cc3)O2)cc1. The number of hydrogen-bond donors (Lipinski definition) is 3. The number of aromatic nitrogens is 1. The maximum absolute atomic E-state index is 12.1. The van der Waals surface area contributed by atoms with Crippen molar-refractivity contribution in [1.29, 1.82) is 0 Å². The van der Waals surface area contributed by atoms with E-state index in [2.05, 4.69) is 10.6 Å². The van der Waals surface area contributed by atoms with E-state index in [0.29, 0.717) is 17.2 Å². The van der Waals surface area contributed by atoms with Crippen LogP contribution in [0.5, 0.6) is 0 Å². The number of rotatable bonds is 11. The number of urea groups is 1. The smallest absolute Gasteiger partial charge is 0.325 e. The summed E-state index contributed by atoms with van der Waals surface area (Å²) in [5.74, 6) is 0.0742. The molecule has 0 aliphatic carbocycles. The molecule has 11 heteroatoms. The van der Waals surface area contributed by atoms with Crippen LogP contribution in [0, 0.1) is 5.21 Å². The second kappa shape index (κ2) is 14.7. The summed E-state index contributed by atoms with van der Waals surface area (Å²) < 4.78 is 18.3. The van der Waals surface area contributed by atoms with Gasteiger partial charge in [0.2, 0.25) is 0 Å². The Morgan fingerprint density at radius 2 is 1.75 bits per heavy atom. The van der Waals surface area contributed by atoms with Gasteiger partial charge in [-0.05, 0) is 29.7 Å². The lowest BCUT2D eigenvalue weighted by Crippen LogP contribution is -2.38. The average molecular weight is 568 g/mol. The van der Waals surface area contributed by atoms with E-state index >= 15 is 0 Å². The van der Waals surface area contributed by atoms with Crippen molar-refractivity contribution in [1.82, 2.24) is 10.6 Å². The molecule has 2 amide bonds. The minimum Gasteiger partial charge on any atom is -0.618 e. The van der Waals surface area contributed by atoms with E-state index in [0.717, 1.165) is 27.0 Å². The number of ether oxygens (including phenoxy) is 3. The fraction of sp³-hybridized carbons (Fsp3) is 0.345. The Kier molecular flexibility index (Phi) is 10.8. The fourth-order valence-corrected chi connectivity index (χ4v) is 5.06. The largest absolute Gasteiger partial charge is 0.618 e. The summed E-state index contributed by atoms with van der Waals surface area (Å²) in [6, 6.07) is 20.0. The summed E-state index contributed by atoms with van der Waals surface area (Å²) in [5, 5.41) is 27.3. The first kappa shape index (κ1) is 29.3. The predicted molar refractivity (Wildman–Crippen MR) is 148 cm³/mol. The van der Waals surface area contributed by atoms with Gasteiger partial charge in [0.25, 0.3) is 5.03 Å². The number of nitrogens with one attached hydrogen (secondary N) is 2. The van der Waals surface area contributed by atoms with Gasteiger partial charge < -0.3 is 35.2 Å². The molecule has 0 bridgehead atoms. The summed E-state index contributed by atoms with van der Waals surface area (Å²) in [5.41, 5.74) is 3.48. The molecule has 0 radical (unpaired) electrons. The van der Waals surface area contributed by atoms with Gasteiger partial charge in [0, 0.05) is 36.4 Å². The van der Waals surface area contributed by atoms with Crippen LogP contribution in [0.15, 0.2) is 78.0 Å². The summed E-state index contributed by atoms with van der Waals surface area (Å²) >= 11 is 1.44. The Morgan fingerprint density at radius 3 is 2.45 bits per heavy atom. The molecule has 2 aromatic carbocycles. The van der Waals surface area contributed by atoms with Gasteiger partial charge in [0.05, 0.1) is 25.4 Å². The predicted octanol–water partition coefficient (Wildman–Crippen LogP) is 3.51. The lowest BCUT2D eigenvalue weighted by atomic mass is 10.0. The lowest BCUT2D eigenvalue weighted by Gasteiger charge is -2.36. The summed E-state index contributed by atoms with van der Waals surface area (Å²) in [6.07, 6.45) is 1.03. The summed E-state index contributed by atoms with van der Waals surface area (Å²) in [6.45, 7) is 2.00. The van der Waals surface area contributed by atoms with Gasteiger partial charge in [-0.3, -0.25) is 4.79 Å². The van der Waals surface area contributed by atoms with E-state index in [1.165, 1.54) is 18.0 Å². The summed E-state index contributed by atoms with van der Waals surface area (Å²) in [4.78, 5) is 23.4. The minimum absolute atomic E-state index is 0.0304. The van der Waals surface area contributed by atoms with E-state index in [9.17, 15) is 19.9 Å². The monoisotopic (exact) mass is 567 g/mol. The standard InChI is InChI=1S/C29H33N3O7S/c1-2-37-27(34)17-31-29(35)30-16-20-6-12-23(13-7-20)28-38-24(19-40-26-5-3-4-14-32(26)36)15-25(39-28)22-10-8-21(18-33)9-11-22/h3-14,24-25,28,33H,2,15-19H2,1H3,(H2,30,31,35). The Labute approximate surface area is 237 Å². The van der Waals surface area contributed by atoms with Crippen LogP contribution in [0.25, 0.3) is 0 Å². The molecule has 1 aromatic heterocycles. The molecule has 2 heterocycles. The van der Waals surface area contributed by atoms with Gasteiger partial charge in [-0.25, -0.2) is 4.79 Å². The molecular formula is C29H33N3O7S. The number of aliphatic hydroxyl groups excluding tert-OH is 1. The number of carbonyl (C=O) groups is 2. The highest BCUT2D eigenvalue weighted by atomic mass is 32.2. The molecule has 40 heavy (non-hydrogen) atoms. The van der Waals surface area contributed by atoms with Crippen molar-refractivity contribution in [3.05, 3.63) is 100 Å². The quantitative estimate of drug-likeness (QED) is 0.139. The highest BCUT2D eigenvalue weighted by Gasteiger charge is 2.32. The van der Waals surface area contributed by atoms with Crippen LogP contribution in [-0.4, -0.2) is 42.1 Å². The van der Waals surface area contributed by atoms with Gasteiger partial charge >= 0.3 is 12.0 Å². The first-order chi connectivity index (χ1) is 19.4. The number of benzene rings is 2. The molecule has 0 spiro atoms. The van der Waals surface area contributed by atoms with Crippen LogP contribution < -0.4 is 15.4 Å². The van der Waals surface area contributed by atoms with Crippen LogP contribution >= 0.6 is 11.8 Å². The zero-order valence-corrected chi connectivity index (χ0v) is 23.0. The Morgan fingerprint density at radius 1 is 1.02 bits per heavy atom. The number of nitrogens with zero attached hydrogens (tertiary/aromatic N) is 1. The lowest BCUT2D eigenvalue weighted by molar-refractivity contribution is -0.645. The third kappa shape index (κ3) is 8.43. The van der Waals surface area contributed by atoms with Crippen LogP contribution in [0.3, 0.4) is 0 Å². The Hall–Kier alpha value is -3.64. The van der Waals surface area contributed by atoms with Crippen molar-refractivity contribution >= 4 is 23.8 Å². The van der Waals surface area contributed by atoms with Crippen molar-refractivity contribution < 1.29 is 33.6 Å². The van der Waals surface area contributed by atoms with Crippen molar-refractivity contribution in [2.24, 2.45) is 0 Å². The van der Waals surface area contributed by atoms with Crippen molar-refractivity contribution in [2.75, 3.05) is 18.9 Å². The first-order valence-corrected chi connectivity index (χ1v) is 14.0. The molecular weight excluding hydrogens is 534 g/mol. The maximum Gasteiger partial charge on any atom is 0.325 e. The number of hydrogen-bond acceptors (Lipinski definition) is 8.